The predicted molar refractivity (Wildman–Crippen MR) is 79.5 cm³/mol. The molecule has 2 nitrogen and oxygen atoms in total. The largest absolute Gasteiger partial charge is 0.469 e. The van der Waals surface area contributed by atoms with Gasteiger partial charge in [-0.15, -0.1) is 11.8 Å². The molecule has 3 atom stereocenters. The van der Waals surface area contributed by atoms with E-state index in [-0.39, 0.29) is 11.9 Å². The van der Waals surface area contributed by atoms with Crippen LogP contribution in [-0.2, 0) is 9.53 Å². The normalized spacial score (nSPS) is 22.9. The van der Waals surface area contributed by atoms with Gasteiger partial charge in [0.15, 0.2) is 0 Å². The van der Waals surface area contributed by atoms with Crippen molar-refractivity contribution in [3.8, 4) is 0 Å². The standard InChI is InChI=1S/C16H22O2S/c1-4-11(9-13-10-15(13)16(17)18-2)12-5-7-14(19-3)8-6-12/h5-8,11,13,15H,4,9-10H2,1-3H3. The lowest BCUT2D eigenvalue weighted by Crippen LogP contribution is -2.06. The second-order valence-corrected chi connectivity index (χ2v) is 6.12. The van der Waals surface area contributed by atoms with Gasteiger partial charge in [0.05, 0.1) is 13.0 Å². The van der Waals surface area contributed by atoms with Crippen molar-refractivity contribution in [3.63, 3.8) is 0 Å². The van der Waals surface area contributed by atoms with E-state index < -0.39 is 0 Å². The van der Waals surface area contributed by atoms with Crippen molar-refractivity contribution in [3.05, 3.63) is 29.8 Å². The van der Waals surface area contributed by atoms with Crippen molar-refractivity contribution < 1.29 is 9.53 Å². The zero-order chi connectivity index (χ0) is 13.8. The highest BCUT2D eigenvalue weighted by atomic mass is 32.2. The highest BCUT2D eigenvalue weighted by Crippen LogP contribution is 2.46. The predicted octanol–water partition coefficient (Wildman–Crippen LogP) is 4.10. The number of methoxy groups -OCH3 is 1. The van der Waals surface area contributed by atoms with E-state index >= 15 is 0 Å². The quantitative estimate of drug-likeness (QED) is 0.579. The van der Waals surface area contributed by atoms with Crippen LogP contribution in [0.3, 0.4) is 0 Å². The van der Waals surface area contributed by atoms with E-state index in [9.17, 15) is 4.79 Å². The second kappa shape index (κ2) is 6.47. The Morgan fingerprint density at radius 1 is 1.42 bits per heavy atom. The summed E-state index contributed by atoms with van der Waals surface area (Å²) in [6.07, 6.45) is 5.33. The molecule has 1 fully saturated rings. The highest BCUT2D eigenvalue weighted by molar-refractivity contribution is 7.98. The maximum atomic E-state index is 11.4. The minimum Gasteiger partial charge on any atom is -0.469 e. The molecule has 1 saturated carbocycles. The zero-order valence-electron chi connectivity index (χ0n) is 11.9. The number of rotatable bonds is 6. The van der Waals surface area contributed by atoms with Gasteiger partial charge in [0.25, 0.3) is 0 Å². The Morgan fingerprint density at radius 2 is 2.11 bits per heavy atom. The smallest absolute Gasteiger partial charge is 0.308 e. The third-order valence-electron chi connectivity index (χ3n) is 4.09. The van der Waals surface area contributed by atoms with E-state index in [1.54, 1.807) is 11.8 Å². The Hall–Kier alpha value is -0.960. The van der Waals surface area contributed by atoms with Crippen LogP contribution >= 0.6 is 11.8 Å². The molecule has 3 unspecified atom stereocenters. The van der Waals surface area contributed by atoms with Crippen molar-refractivity contribution in [1.82, 2.24) is 0 Å². The van der Waals surface area contributed by atoms with E-state index in [4.69, 9.17) is 4.74 Å². The summed E-state index contributed by atoms with van der Waals surface area (Å²) in [5, 5.41) is 0. The van der Waals surface area contributed by atoms with Gasteiger partial charge in [0.2, 0.25) is 0 Å². The minimum absolute atomic E-state index is 0.0300. The summed E-state index contributed by atoms with van der Waals surface area (Å²) in [5.41, 5.74) is 1.40. The first kappa shape index (κ1) is 14.4. The fourth-order valence-electron chi connectivity index (χ4n) is 2.73. The summed E-state index contributed by atoms with van der Waals surface area (Å²) in [4.78, 5) is 12.8. The molecular weight excluding hydrogens is 256 g/mol. The minimum atomic E-state index is -0.0300. The van der Waals surface area contributed by atoms with Crippen LogP contribution in [0.4, 0.5) is 0 Å². The van der Waals surface area contributed by atoms with E-state index in [1.165, 1.54) is 17.6 Å². The van der Waals surface area contributed by atoms with E-state index in [2.05, 4.69) is 37.4 Å². The number of esters is 1. The fourth-order valence-corrected chi connectivity index (χ4v) is 3.14. The fraction of sp³-hybridized carbons (Fsp3) is 0.562. The molecule has 1 aliphatic rings. The molecule has 1 aromatic carbocycles. The molecule has 0 N–H and O–H groups in total. The monoisotopic (exact) mass is 278 g/mol. The van der Waals surface area contributed by atoms with Crippen LogP contribution in [0.1, 0.15) is 37.7 Å². The average Bonchev–Trinajstić information content (AvgIpc) is 3.23. The van der Waals surface area contributed by atoms with E-state index in [1.807, 2.05) is 0 Å². The molecular formula is C16H22O2S. The maximum Gasteiger partial charge on any atom is 0.308 e. The first-order valence-electron chi connectivity index (χ1n) is 6.91. The molecule has 2 rings (SSSR count). The van der Waals surface area contributed by atoms with Crippen molar-refractivity contribution in [2.75, 3.05) is 13.4 Å². The SMILES string of the molecule is CCC(CC1CC1C(=O)OC)c1ccc(SC)cc1. The topological polar surface area (TPSA) is 26.3 Å². The molecule has 19 heavy (non-hydrogen) atoms. The first-order valence-corrected chi connectivity index (χ1v) is 8.13. The van der Waals surface area contributed by atoms with Crippen LogP contribution < -0.4 is 0 Å². The third kappa shape index (κ3) is 3.53. The molecule has 0 saturated heterocycles. The van der Waals surface area contributed by atoms with Crippen molar-refractivity contribution in [2.45, 2.75) is 37.0 Å². The van der Waals surface area contributed by atoms with E-state index in [0.29, 0.717) is 11.8 Å². The average molecular weight is 278 g/mol. The van der Waals surface area contributed by atoms with Gasteiger partial charge in [0, 0.05) is 4.90 Å². The van der Waals surface area contributed by atoms with Crippen LogP contribution in [0.15, 0.2) is 29.2 Å². The summed E-state index contributed by atoms with van der Waals surface area (Å²) in [6.45, 7) is 2.22. The first-order chi connectivity index (χ1) is 9.19. The van der Waals surface area contributed by atoms with Gasteiger partial charge >= 0.3 is 5.97 Å². The lowest BCUT2D eigenvalue weighted by atomic mass is 9.91. The number of benzene rings is 1. The van der Waals surface area contributed by atoms with Gasteiger partial charge in [-0.05, 0) is 55.1 Å². The molecule has 1 aromatic rings. The van der Waals surface area contributed by atoms with Crippen LogP contribution in [0.5, 0.6) is 0 Å². The Bertz CT molecular complexity index is 427. The summed E-state index contributed by atoms with van der Waals surface area (Å²) in [5.74, 6) is 1.22. The molecule has 0 amide bonds. The Kier molecular flexibility index (Phi) is 4.92. The number of hydrogen-bond donors (Lipinski definition) is 0. The molecule has 104 valence electrons. The Balaban J connectivity index is 1.95. The van der Waals surface area contributed by atoms with Gasteiger partial charge in [-0.1, -0.05) is 19.1 Å². The molecule has 0 aromatic heterocycles. The third-order valence-corrected chi connectivity index (χ3v) is 4.84. The molecule has 0 spiro atoms. The van der Waals surface area contributed by atoms with Gasteiger partial charge in [-0.2, -0.15) is 0 Å². The lowest BCUT2D eigenvalue weighted by Gasteiger charge is -2.15. The van der Waals surface area contributed by atoms with Crippen LogP contribution in [0.2, 0.25) is 0 Å². The van der Waals surface area contributed by atoms with E-state index in [0.717, 1.165) is 19.3 Å². The molecule has 0 heterocycles. The lowest BCUT2D eigenvalue weighted by molar-refractivity contribution is -0.142. The van der Waals surface area contributed by atoms with Gasteiger partial charge in [0.1, 0.15) is 0 Å². The van der Waals surface area contributed by atoms with Crippen LogP contribution in [0.25, 0.3) is 0 Å². The van der Waals surface area contributed by atoms with Crippen molar-refractivity contribution >= 4 is 17.7 Å². The van der Waals surface area contributed by atoms with Gasteiger partial charge < -0.3 is 4.74 Å². The Labute approximate surface area is 119 Å². The summed E-state index contributed by atoms with van der Waals surface area (Å²) in [6, 6.07) is 8.84. The number of ether oxygens (including phenoxy) is 1. The number of carbonyl (C=O) groups is 1. The number of carbonyl (C=O) groups excluding carboxylic acids is 1. The highest BCUT2D eigenvalue weighted by Gasteiger charge is 2.44. The van der Waals surface area contributed by atoms with Crippen LogP contribution in [0, 0.1) is 11.8 Å². The van der Waals surface area contributed by atoms with Gasteiger partial charge in [-0.25, -0.2) is 0 Å². The van der Waals surface area contributed by atoms with Crippen molar-refractivity contribution in [2.24, 2.45) is 11.8 Å². The summed E-state index contributed by atoms with van der Waals surface area (Å²) in [7, 11) is 1.48. The maximum absolute atomic E-state index is 11.4. The van der Waals surface area contributed by atoms with Gasteiger partial charge in [-0.3, -0.25) is 4.79 Å². The number of thioether (sulfide) groups is 1. The van der Waals surface area contributed by atoms with Crippen molar-refractivity contribution in [1.29, 1.82) is 0 Å². The molecule has 1 aliphatic carbocycles. The van der Waals surface area contributed by atoms with Crippen LogP contribution in [-0.4, -0.2) is 19.3 Å². The summed E-state index contributed by atoms with van der Waals surface area (Å²) < 4.78 is 4.81. The number of hydrogen-bond acceptors (Lipinski definition) is 3. The zero-order valence-corrected chi connectivity index (χ0v) is 12.7. The molecule has 0 aliphatic heterocycles. The second-order valence-electron chi connectivity index (χ2n) is 5.24. The molecule has 3 heteroatoms. The Morgan fingerprint density at radius 3 is 2.63 bits per heavy atom. The molecule has 0 bridgehead atoms. The summed E-state index contributed by atoms with van der Waals surface area (Å²) >= 11 is 1.77. The molecule has 0 radical (unpaired) electrons.